The quantitative estimate of drug-likeness (QED) is 0.534. The third-order valence-electron chi connectivity index (χ3n) is 1.67. The van der Waals surface area contributed by atoms with Gasteiger partial charge in [-0.15, -0.1) is 0 Å². The van der Waals surface area contributed by atoms with Crippen LogP contribution in [-0.2, 0) is 0 Å². The number of aromatic nitrogens is 1. The molecule has 1 aromatic carbocycles. The van der Waals surface area contributed by atoms with Crippen molar-refractivity contribution in [1.82, 2.24) is 4.98 Å². The molecule has 3 heteroatoms. The molecule has 1 nitrogen and oxygen atoms in total. The zero-order valence-electron chi connectivity index (χ0n) is 5.76. The highest BCUT2D eigenvalue weighted by molar-refractivity contribution is 6.38. The Hall–Kier alpha value is -1.25. The Balaban J connectivity index is 2.91. The van der Waals surface area contributed by atoms with Gasteiger partial charge in [0.25, 0.3) is 0 Å². The summed E-state index contributed by atoms with van der Waals surface area (Å²) in [6.45, 7) is 0. The molecule has 2 aromatic rings. The molecule has 0 spiro atoms. The molecule has 2 radical (unpaired) electrons. The van der Waals surface area contributed by atoms with Gasteiger partial charge in [0.2, 0.25) is 0 Å². The second kappa shape index (κ2) is 2.12. The predicted octanol–water partition coefficient (Wildman–Crippen LogP) is 1.10. The maximum absolute atomic E-state index is 12.7. The van der Waals surface area contributed by atoms with Gasteiger partial charge in [0.1, 0.15) is 13.7 Å². The molecule has 1 heterocycles. The van der Waals surface area contributed by atoms with E-state index in [2.05, 4.69) is 4.98 Å². The van der Waals surface area contributed by atoms with Crippen LogP contribution in [0.4, 0.5) is 4.39 Å². The fraction of sp³-hybridized carbons (Fsp3) is 0. The van der Waals surface area contributed by atoms with Crippen LogP contribution in [-0.4, -0.2) is 12.8 Å². The van der Waals surface area contributed by atoms with Crippen LogP contribution in [0.1, 0.15) is 0 Å². The second-order valence-electron chi connectivity index (χ2n) is 2.43. The molecule has 0 saturated heterocycles. The maximum atomic E-state index is 12.7. The number of H-pyrrole nitrogens is 1. The predicted molar refractivity (Wildman–Crippen MR) is 43.6 cm³/mol. The SMILES string of the molecule is [B]c1cc(F)cc2[nH]ccc12. The van der Waals surface area contributed by atoms with Gasteiger partial charge in [-0.25, -0.2) is 4.39 Å². The Morgan fingerprint density at radius 3 is 3.00 bits per heavy atom. The van der Waals surface area contributed by atoms with E-state index >= 15 is 0 Å². The summed E-state index contributed by atoms with van der Waals surface area (Å²) in [5, 5.41) is 0.867. The summed E-state index contributed by atoms with van der Waals surface area (Å²) in [5.41, 5.74) is 1.21. The molecule has 0 fully saturated rings. The first-order valence-electron chi connectivity index (χ1n) is 3.29. The molecule has 0 aliphatic heterocycles. The average molecular weight is 145 g/mol. The molecule has 0 unspecified atom stereocenters. The first-order chi connectivity index (χ1) is 5.27. The molecule has 0 bridgehead atoms. The molecule has 0 aliphatic carbocycles. The van der Waals surface area contributed by atoms with Gasteiger partial charge in [0.05, 0.1) is 0 Å². The summed E-state index contributed by atoms with van der Waals surface area (Å²) >= 11 is 0. The van der Waals surface area contributed by atoms with Crippen molar-refractivity contribution >= 4 is 24.2 Å². The summed E-state index contributed by atoms with van der Waals surface area (Å²) in [6, 6.07) is 4.56. The van der Waals surface area contributed by atoms with Gasteiger partial charge in [0.15, 0.2) is 0 Å². The molecule has 11 heavy (non-hydrogen) atoms. The van der Waals surface area contributed by atoms with Crippen LogP contribution in [0.25, 0.3) is 10.9 Å². The van der Waals surface area contributed by atoms with Crippen molar-refractivity contribution in [3.8, 4) is 0 Å². The summed E-state index contributed by atoms with van der Waals surface area (Å²) in [5.74, 6) is -0.308. The minimum absolute atomic E-state index is 0.308. The van der Waals surface area contributed by atoms with Crippen molar-refractivity contribution in [3.63, 3.8) is 0 Å². The standard InChI is InChI=1S/C8H5BFN/c9-7-3-5(10)4-8-6(7)1-2-11-8/h1-4,11H. The summed E-state index contributed by atoms with van der Waals surface area (Å²) in [6.07, 6.45) is 1.74. The molecule has 0 amide bonds. The molecule has 0 aliphatic rings. The van der Waals surface area contributed by atoms with E-state index < -0.39 is 0 Å². The molecular formula is C8H5BFN. The summed E-state index contributed by atoms with van der Waals surface area (Å²) < 4.78 is 12.7. The van der Waals surface area contributed by atoms with Crippen molar-refractivity contribution in [2.24, 2.45) is 0 Å². The normalized spacial score (nSPS) is 10.6. The molecule has 1 aromatic heterocycles. The zero-order valence-corrected chi connectivity index (χ0v) is 5.76. The van der Waals surface area contributed by atoms with Crippen molar-refractivity contribution < 1.29 is 4.39 Å². The number of rotatable bonds is 0. The highest BCUT2D eigenvalue weighted by atomic mass is 19.1. The third kappa shape index (κ3) is 0.927. The fourth-order valence-electron chi connectivity index (χ4n) is 1.16. The van der Waals surface area contributed by atoms with Crippen LogP contribution in [0.15, 0.2) is 24.4 Å². The van der Waals surface area contributed by atoms with Crippen molar-refractivity contribution in [2.75, 3.05) is 0 Å². The van der Waals surface area contributed by atoms with Gasteiger partial charge in [-0.3, -0.25) is 0 Å². The Bertz CT molecular complexity index is 394. The lowest BCUT2D eigenvalue weighted by Crippen LogP contribution is -2.03. The molecule has 52 valence electrons. The lowest BCUT2D eigenvalue weighted by atomic mass is 9.92. The minimum atomic E-state index is -0.308. The van der Waals surface area contributed by atoms with Gasteiger partial charge in [-0.2, -0.15) is 0 Å². The first-order valence-corrected chi connectivity index (χ1v) is 3.29. The van der Waals surface area contributed by atoms with E-state index in [1.165, 1.54) is 12.1 Å². The Morgan fingerprint density at radius 2 is 2.18 bits per heavy atom. The number of fused-ring (bicyclic) bond motifs is 1. The zero-order chi connectivity index (χ0) is 7.84. The van der Waals surface area contributed by atoms with E-state index in [0.717, 1.165) is 10.9 Å². The maximum Gasteiger partial charge on any atom is 0.124 e. The number of halogens is 1. The van der Waals surface area contributed by atoms with Crippen LogP contribution in [0.3, 0.4) is 0 Å². The molecule has 0 atom stereocenters. The third-order valence-corrected chi connectivity index (χ3v) is 1.67. The largest absolute Gasteiger partial charge is 0.361 e. The number of hydrogen-bond acceptors (Lipinski definition) is 0. The van der Waals surface area contributed by atoms with Crippen molar-refractivity contribution in [3.05, 3.63) is 30.2 Å². The van der Waals surface area contributed by atoms with Crippen LogP contribution in [0, 0.1) is 5.82 Å². The molecule has 1 N–H and O–H groups in total. The molecule has 0 saturated carbocycles. The van der Waals surface area contributed by atoms with Crippen LogP contribution in [0.5, 0.6) is 0 Å². The summed E-state index contributed by atoms with van der Waals surface area (Å²) in [4.78, 5) is 2.88. The average Bonchev–Trinajstić information content (AvgIpc) is 2.34. The van der Waals surface area contributed by atoms with Crippen LogP contribution < -0.4 is 5.46 Å². The van der Waals surface area contributed by atoms with Gasteiger partial charge < -0.3 is 4.98 Å². The monoisotopic (exact) mass is 145 g/mol. The van der Waals surface area contributed by atoms with E-state index in [9.17, 15) is 4.39 Å². The highest BCUT2D eigenvalue weighted by Crippen LogP contribution is 2.09. The fourth-order valence-corrected chi connectivity index (χ4v) is 1.16. The van der Waals surface area contributed by atoms with Crippen LogP contribution in [0.2, 0.25) is 0 Å². The first kappa shape index (κ1) is 6.46. The van der Waals surface area contributed by atoms with E-state index in [4.69, 9.17) is 7.85 Å². The number of aromatic amines is 1. The van der Waals surface area contributed by atoms with Gasteiger partial charge in [-0.05, 0) is 23.6 Å². The van der Waals surface area contributed by atoms with E-state index in [-0.39, 0.29) is 5.82 Å². The minimum Gasteiger partial charge on any atom is -0.361 e. The van der Waals surface area contributed by atoms with Gasteiger partial charge in [0, 0.05) is 11.7 Å². The topological polar surface area (TPSA) is 15.8 Å². The van der Waals surface area contributed by atoms with E-state index in [1.54, 1.807) is 6.20 Å². The number of nitrogens with one attached hydrogen (secondary N) is 1. The highest BCUT2D eigenvalue weighted by Gasteiger charge is 1.99. The Labute approximate surface area is 64.6 Å². The molecule has 2 rings (SSSR count). The number of benzene rings is 1. The summed E-state index contributed by atoms with van der Waals surface area (Å²) in [7, 11) is 5.54. The lowest BCUT2D eigenvalue weighted by molar-refractivity contribution is 0.630. The lowest BCUT2D eigenvalue weighted by Gasteiger charge is -1.95. The smallest absolute Gasteiger partial charge is 0.124 e. The second-order valence-corrected chi connectivity index (χ2v) is 2.43. The Morgan fingerprint density at radius 1 is 1.36 bits per heavy atom. The van der Waals surface area contributed by atoms with Gasteiger partial charge in [-0.1, -0.05) is 5.46 Å². The van der Waals surface area contributed by atoms with Crippen molar-refractivity contribution in [1.29, 1.82) is 0 Å². The number of hydrogen-bond donors (Lipinski definition) is 1. The Kier molecular flexibility index (Phi) is 1.25. The molecular weight excluding hydrogens is 140 g/mol. The van der Waals surface area contributed by atoms with E-state index in [0.29, 0.717) is 5.46 Å². The van der Waals surface area contributed by atoms with E-state index in [1.807, 2.05) is 6.07 Å². The van der Waals surface area contributed by atoms with Crippen molar-refractivity contribution in [2.45, 2.75) is 0 Å². The van der Waals surface area contributed by atoms with Crippen LogP contribution >= 0.6 is 0 Å². The van der Waals surface area contributed by atoms with Gasteiger partial charge >= 0.3 is 0 Å².